The highest BCUT2D eigenvalue weighted by Crippen LogP contribution is 2.31. The number of carbonyl (C=O) groups is 1. The lowest BCUT2D eigenvalue weighted by Gasteiger charge is -2.15. The second kappa shape index (κ2) is 8.73. The first-order chi connectivity index (χ1) is 12.4. The highest BCUT2D eigenvalue weighted by Gasteiger charge is 2.28. The van der Waals surface area contributed by atoms with E-state index in [0.29, 0.717) is 12.5 Å². The van der Waals surface area contributed by atoms with Gasteiger partial charge in [-0.15, -0.1) is 12.4 Å². The lowest BCUT2D eigenvalue weighted by Crippen LogP contribution is -2.38. The molecule has 1 saturated carbocycles. The van der Waals surface area contributed by atoms with Gasteiger partial charge >= 0.3 is 0 Å². The topological polar surface area (TPSA) is 101 Å². The van der Waals surface area contributed by atoms with Crippen LogP contribution in [-0.2, 0) is 10.0 Å². The summed E-state index contributed by atoms with van der Waals surface area (Å²) in [6.45, 7) is 2.26. The first kappa shape index (κ1) is 21.2. The molecule has 146 valence electrons. The Hall–Kier alpha value is -2.09. The van der Waals surface area contributed by atoms with Crippen LogP contribution in [0.1, 0.15) is 28.8 Å². The number of nitrogens with one attached hydrogen (secondary N) is 2. The molecule has 0 bridgehead atoms. The number of halogens is 1. The Kier molecular flexibility index (Phi) is 6.86. The van der Waals surface area contributed by atoms with E-state index in [1.165, 1.54) is 12.1 Å². The number of benzene rings is 2. The van der Waals surface area contributed by atoms with Crippen LogP contribution in [0.3, 0.4) is 0 Å². The summed E-state index contributed by atoms with van der Waals surface area (Å²) in [6, 6.07) is 13.0. The molecule has 4 N–H and O–H groups in total. The minimum atomic E-state index is -3.78. The maximum Gasteiger partial charge on any atom is 0.261 e. The summed E-state index contributed by atoms with van der Waals surface area (Å²) < 4.78 is 27.7. The molecule has 0 radical (unpaired) electrons. The Morgan fingerprint density at radius 1 is 1.15 bits per heavy atom. The summed E-state index contributed by atoms with van der Waals surface area (Å²) >= 11 is 0. The monoisotopic (exact) mass is 409 g/mol. The van der Waals surface area contributed by atoms with E-state index < -0.39 is 10.0 Å². The summed E-state index contributed by atoms with van der Waals surface area (Å²) in [6.07, 6.45) is 2.20. The summed E-state index contributed by atoms with van der Waals surface area (Å²) in [7, 11) is -3.78. The molecule has 8 heteroatoms. The SMILES string of the molecule is Cc1ccc(S(=O)(=O)Nc2ccccc2C(=O)NCC(N)C2CC2)cc1.Cl. The number of aryl methyl sites for hydroxylation is 1. The van der Waals surface area contributed by atoms with Gasteiger partial charge in [0.1, 0.15) is 0 Å². The minimum Gasteiger partial charge on any atom is -0.350 e. The van der Waals surface area contributed by atoms with Crippen LogP contribution in [0.4, 0.5) is 5.69 Å². The van der Waals surface area contributed by atoms with E-state index in [4.69, 9.17) is 5.73 Å². The molecule has 0 saturated heterocycles. The number of amides is 1. The van der Waals surface area contributed by atoms with Gasteiger partial charge in [0.15, 0.2) is 0 Å². The number of para-hydroxylation sites is 1. The molecule has 1 fully saturated rings. The molecular formula is C19H24ClN3O3S. The third-order valence-electron chi connectivity index (χ3n) is 4.47. The number of sulfonamides is 1. The fraction of sp³-hybridized carbons (Fsp3) is 0.316. The van der Waals surface area contributed by atoms with Crippen LogP contribution in [0.15, 0.2) is 53.4 Å². The van der Waals surface area contributed by atoms with E-state index in [9.17, 15) is 13.2 Å². The van der Waals surface area contributed by atoms with Crippen LogP contribution >= 0.6 is 12.4 Å². The first-order valence-electron chi connectivity index (χ1n) is 8.59. The quantitative estimate of drug-likeness (QED) is 0.654. The van der Waals surface area contributed by atoms with Gasteiger partial charge in [-0.1, -0.05) is 29.8 Å². The summed E-state index contributed by atoms with van der Waals surface area (Å²) in [5.74, 6) is 0.133. The predicted molar refractivity (Wildman–Crippen MR) is 109 cm³/mol. The van der Waals surface area contributed by atoms with Gasteiger partial charge in [0.05, 0.1) is 16.1 Å². The second-order valence-corrected chi connectivity index (χ2v) is 8.36. The molecule has 6 nitrogen and oxygen atoms in total. The lowest BCUT2D eigenvalue weighted by atomic mass is 10.1. The van der Waals surface area contributed by atoms with E-state index in [-0.39, 0.29) is 40.5 Å². The molecule has 3 rings (SSSR count). The maximum atomic E-state index is 12.6. The molecule has 0 aromatic heterocycles. The first-order valence-corrected chi connectivity index (χ1v) is 10.1. The van der Waals surface area contributed by atoms with Crippen molar-refractivity contribution in [3.05, 3.63) is 59.7 Å². The van der Waals surface area contributed by atoms with Crippen molar-refractivity contribution in [3.63, 3.8) is 0 Å². The number of carbonyl (C=O) groups excluding carboxylic acids is 1. The summed E-state index contributed by atoms with van der Waals surface area (Å²) in [5, 5.41) is 2.79. The van der Waals surface area contributed by atoms with Crippen molar-refractivity contribution in [2.45, 2.75) is 30.7 Å². The maximum absolute atomic E-state index is 12.6. The molecule has 1 aliphatic carbocycles. The highest BCUT2D eigenvalue weighted by atomic mass is 35.5. The normalized spacial score (nSPS) is 14.7. The smallest absolute Gasteiger partial charge is 0.261 e. The third kappa shape index (κ3) is 5.45. The van der Waals surface area contributed by atoms with Crippen LogP contribution in [0.5, 0.6) is 0 Å². The fourth-order valence-corrected chi connectivity index (χ4v) is 3.77. The number of rotatable bonds is 7. The Morgan fingerprint density at radius 3 is 2.41 bits per heavy atom. The van der Waals surface area contributed by atoms with Crippen LogP contribution < -0.4 is 15.8 Å². The van der Waals surface area contributed by atoms with Crippen molar-refractivity contribution >= 4 is 34.0 Å². The fourth-order valence-electron chi connectivity index (χ4n) is 2.69. The molecule has 0 heterocycles. The molecule has 1 unspecified atom stereocenters. The van der Waals surface area contributed by atoms with Crippen LogP contribution in [0, 0.1) is 12.8 Å². The highest BCUT2D eigenvalue weighted by molar-refractivity contribution is 7.92. The number of hydrogen-bond donors (Lipinski definition) is 3. The Bertz CT molecular complexity index is 897. The van der Waals surface area contributed by atoms with Gasteiger partial charge in [-0.3, -0.25) is 9.52 Å². The lowest BCUT2D eigenvalue weighted by molar-refractivity contribution is 0.0951. The van der Waals surface area contributed by atoms with Crippen molar-refractivity contribution in [1.29, 1.82) is 0 Å². The Balaban J connectivity index is 0.00000261. The largest absolute Gasteiger partial charge is 0.350 e. The van der Waals surface area contributed by atoms with Gasteiger partial charge in [0.2, 0.25) is 0 Å². The van der Waals surface area contributed by atoms with E-state index >= 15 is 0 Å². The average molecular weight is 410 g/mol. The van der Waals surface area contributed by atoms with E-state index in [1.54, 1.807) is 36.4 Å². The van der Waals surface area contributed by atoms with Gasteiger partial charge in [0.25, 0.3) is 15.9 Å². The van der Waals surface area contributed by atoms with Gasteiger partial charge < -0.3 is 11.1 Å². The van der Waals surface area contributed by atoms with Crippen molar-refractivity contribution in [3.8, 4) is 0 Å². The Labute approximate surface area is 166 Å². The second-order valence-electron chi connectivity index (χ2n) is 6.68. The summed E-state index contributed by atoms with van der Waals surface area (Å²) in [5.41, 5.74) is 7.49. The van der Waals surface area contributed by atoms with Crippen LogP contribution in [0.2, 0.25) is 0 Å². The number of hydrogen-bond acceptors (Lipinski definition) is 4. The zero-order chi connectivity index (χ0) is 18.7. The van der Waals surface area contributed by atoms with Gasteiger partial charge in [0, 0.05) is 12.6 Å². The molecule has 0 spiro atoms. The van der Waals surface area contributed by atoms with Crippen molar-refractivity contribution in [1.82, 2.24) is 5.32 Å². The third-order valence-corrected chi connectivity index (χ3v) is 5.85. The molecule has 0 aliphatic heterocycles. The molecule has 2 aromatic rings. The van der Waals surface area contributed by atoms with Gasteiger partial charge in [-0.05, 0) is 49.9 Å². The molecule has 27 heavy (non-hydrogen) atoms. The number of anilines is 1. The van der Waals surface area contributed by atoms with Crippen LogP contribution in [0.25, 0.3) is 0 Å². The molecule has 1 atom stereocenters. The molecule has 2 aromatic carbocycles. The van der Waals surface area contributed by atoms with E-state index in [1.807, 2.05) is 6.92 Å². The molecule has 1 amide bonds. The van der Waals surface area contributed by atoms with Crippen molar-refractivity contribution in [2.24, 2.45) is 11.7 Å². The van der Waals surface area contributed by atoms with Crippen molar-refractivity contribution in [2.75, 3.05) is 11.3 Å². The predicted octanol–water partition coefficient (Wildman–Crippen LogP) is 2.68. The van der Waals surface area contributed by atoms with Crippen molar-refractivity contribution < 1.29 is 13.2 Å². The Morgan fingerprint density at radius 2 is 1.78 bits per heavy atom. The minimum absolute atomic E-state index is 0. The van der Waals surface area contributed by atoms with E-state index in [2.05, 4.69) is 10.0 Å². The van der Waals surface area contributed by atoms with Gasteiger partial charge in [-0.2, -0.15) is 0 Å². The average Bonchev–Trinajstić information content (AvgIpc) is 3.45. The molecular weight excluding hydrogens is 386 g/mol. The molecule has 1 aliphatic rings. The van der Waals surface area contributed by atoms with Gasteiger partial charge in [-0.25, -0.2) is 8.42 Å². The summed E-state index contributed by atoms with van der Waals surface area (Å²) in [4.78, 5) is 12.6. The van der Waals surface area contributed by atoms with Crippen LogP contribution in [-0.4, -0.2) is 26.9 Å². The number of nitrogens with two attached hydrogens (primary N) is 1. The standard InChI is InChI=1S/C19H23N3O3S.ClH/c1-13-6-10-15(11-7-13)26(24,25)22-18-5-3-2-4-16(18)19(23)21-12-17(20)14-8-9-14;/h2-7,10-11,14,17,22H,8-9,12,20H2,1H3,(H,21,23);1H. The zero-order valence-corrected chi connectivity index (χ0v) is 16.6. The van der Waals surface area contributed by atoms with E-state index in [0.717, 1.165) is 18.4 Å². The zero-order valence-electron chi connectivity index (χ0n) is 15.0.